The zero-order valence-electron chi connectivity index (χ0n) is 18.7. The van der Waals surface area contributed by atoms with Crippen molar-refractivity contribution in [3.8, 4) is 0 Å². The molecule has 0 spiro atoms. The summed E-state index contributed by atoms with van der Waals surface area (Å²) in [7, 11) is 0. The van der Waals surface area contributed by atoms with Crippen LogP contribution in [0.3, 0.4) is 0 Å². The van der Waals surface area contributed by atoms with Gasteiger partial charge in [0.15, 0.2) is 5.11 Å². The smallest absolute Gasteiger partial charge is 0.232 e. The summed E-state index contributed by atoms with van der Waals surface area (Å²) in [5.41, 5.74) is 2.45. The van der Waals surface area contributed by atoms with E-state index < -0.39 is 0 Å². The Balaban J connectivity index is 1.48. The molecule has 0 amide bonds. The van der Waals surface area contributed by atoms with Gasteiger partial charge in [-0.3, -0.25) is 0 Å². The Hall–Kier alpha value is -2.41. The highest BCUT2D eigenvalue weighted by Gasteiger charge is 2.21. The van der Waals surface area contributed by atoms with E-state index in [1.54, 1.807) is 0 Å². The molecule has 2 N–H and O–H groups in total. The number of hydrogen-bond donors (Lipinski definition) is 2. The van der Waals surface area contributed by atoms with E-state index in [2.05, 4.69) is 64.6 Å². The first-order valence-electron chi connectivity index (χ1n) is 11.6. The maximum absolute atomic E-state index is 5.55. The topological polar surface area (TPSA) is 56.3 Å². The molecule has 2 fully saturated rings. The Labute approximate surface area is 191 Å². The molecule has 2 aromatic rings. The minimum atomic E-state index is 0.550. The van der Waals surface area contributed by atoms with Crippen LogP contribution in [0.5, 0.6) is 0 Å². The SMILES string of the molecule is Cc1ccc(CNC(=S)Nc2nc(N3CCCCC3)cc(N3CCC[C@@H](C)C3)n2)cc1. The summed E-state index contributed by atoms with van der Waals surface area (Å²) in [5.74, 6) is 3.28. The van der Waals surface area contributed by atoms with Crippen LogP contribution in [0.2, 0.25) is 0 Å². The van der Waals surface area contributed by atoms with Crippen molar-refractivity contribution in [3.05, 3.63) is 41.5 Å². The van der Waals surface area contributed by atoms with Crippen LogP contribution in [0, 0.1) is 12.8 Å². The molecule has 1 aromatic heterocycles. The van der Waals surface area contributed by atoms with Crippen LogP contribution < -0.4 is 20.4 Å². The zero-order chi connectivity index (χ0) is 21.6. The minimum absolute atomic E-state index is 0.550. The largest absolute Gasteiger partial charge is 0.358 e. The van der Waals surface area contributed by atoms with E-state index in [1.807, 2.05) is 0 Å². The maximum atomic E-state index is 5.55. The summed E-state index contributed by atoms with van der Waals surface area (Å²) in [5, 5.41) is 7.07. The molecule has 2 saturated heterocycles. The van der Waals surface area contributed by atoms with Crippen molar-refractivity contribution in [3.63, 3.8) is 0 Å². The molecule has 0 radical (unpaired) electrons. The Kier molecular flexibility index (Phi) is 7.22. The average Bonchev–Trinajstić information content (AvgIpc) is 2.79. The first kappa shape index (κ1) is 21.8. The summed E-state index contributed by atoms with van der Waals surface area (Å²) >= 11 is 5.55. The molecule has 0 aliphatic carbocycles. The summed E-state index contributed by atoms with van der Waals surface area (Å²) in [6.07, 6.45) is 6.25. The number of nitrogens with one attached hydrogen (secondary N) is 2. The van der Waals surface area contributed by atoms with E-state index in [0.717, 1.165) is 37.8 Å². The number of aromatic nitrogens is 2. The van der Waals surface area contributed by atoms with Gasteiger partial charge in [-0.2, -0.15) is 9.97 Å². The van der Waals surface area contributed by atoms with Crippen molar-refractivity contribution < 1.29 is 0 Å². The molecule has 0 bridgehead atoms. The summed E-state index contributed by atoms with van der Waals surface area (Å²) in [6, 6.07) is 10.6. The zero-order valence-corrected chi connectivity index (χ0v) is 19.5. The van der Waals surface area contributed by atoms with Gasteiger partial charge in [0, 0.05) is 38.8 Å². The van der Waals surface area contributed by atoms with Crippen LogP contribution in [0.25, 0.3) is 0 Å². The first-order chi connectivity index (χ1) is 15.1. The van der Waals surface area contributed by atoms with Crippen LogP contribution >= 0.6 is 12.2 Å². The number of thiocarbonyl (C=S) groups is 1. The lowest BCUT2D eigenvalue weighted by Crippen LogP contribution is -2.36. The van der Waals surface area contributed by atoms with E-state index in [4.69, 9.17) is 22.2 Å². The van der Waals surface area contributed by atoms with Gasteiger partial charge in [0.25, 0.3) is 0 Å². The van der Waals surface area contributed by atoms with E-state index >= 15 is 0 Å². The molecule has 4 rings (SSSR count). The van der Waals surface area contributed by atoms with E-state index in [-0.39, 0.29) is 0 Å². The minimum Gasteiger partial charge on any atom is -0.358 e. The van der Waals surface area contributed by atoms with Gasteiger partial charge in [-0.05, 0) is 62.7 Å². The summed E-state index contributed by atoms with van der Waals surface area (Å²) in [6.45, 7) is 9.31. The Morgan fingerprint density at radius 1 is 1.00 bits per heavy atom. The third kappa shape index (κ3) is 6.06. The Bertz CT molecular complexity index is 878. The quantitative estimate of drug-likeness (QED) is 0.667. The summed E-state index contributed by atoms with van der Waals surface area (Å²) < 4.78 is 0. The van der Waals surface area contributed by atoms with Crippen molar-refractivity contribution in [1.82, 2.24) is 15.3 Å². The molecule has 1 aromatic carbocycles. The molecule has 166 valence electrons. The molecule has 0 saturated carbocycles. The second-order valence-electron chi connectivity index (χ2n) is 8.94. The molecule has 0 unspecified atom stereocenters. The number of rotatable bonds is 5. The number of hydrogen-bond acceptors (Lipinski definition) is 5. The van der Waals surface area contributed by atoms with Gasteiger partial charge >= 0.3 is 0 Å². The van der Waals surface area contributed by atoms with Gasteiger partial charge in [-0.15, -0.1) is 0 Å². The molecule has 2 aliphatic heterocycles. The van der Waals surface area contributed by atoms with Crippen LogP contribution in [-0.4, -0.2) is 41.3 Å². The van der Waals surface area contributed by atoms with E-state index in [1.165, 1.54) is 43.2 Å². The highest BCUT2D eigenvalue weighted by molar-refractivity contribution is 7.80. The fourth-order valence-electron chi connectivity index (χ4n) is 4.36. The fraction of sp³-hybridized carbons (Fsp3) is 0.542. The predicted molar refractivity (Wildman–Crippen MR) is 133 cm³/mol. The fourth-order valence-corrected chi connectivity index (χ4v) is 4.52. The van der Waals surface area contributed by atoms with Crippen LogP contribution in [0.4, 0.5) is 17.6 Å². The van der Waals surface area contributed by atoms with Crippen molar-refractivity contribution in [2.24, 2.45) is 5.92 Å². The number of anilines is 3. The molecule has 1 atom stereocenters. The Morgan fingerprint density at radius 2 is 1.68 bits per heavy atom. The lowest BCUT2D eigenvalue weighted by molar-refractivity contribution is 0.444. The predicted octanol–water partition coefficient (Wildman–Crippen LogP) is 4.50. The van der Waals surface area contributed by atoms with Crippen molar-refractivity contribution in [2.75, 3.05) is 41.3 Å². The van der Waals surface area contributed by atoms with Crippen LogP contribution in [-0.2, 0) is 6.54 Å². The van der Waals surface area contributed by atoms with Gasteiger partial charge in [0.1, 0.15) is 11.6 Å². The molecule has 2 aliphatic rings. The first-order valence-corrected chi connectivity index (χ1v) is 12.0. The Morgan fingerprint density at radius 3 is 2.39 bits per heavy atom. The number of aryl methyl sites for hydroxylation is 1. The van der Waals surface area contributed by atoms with E-state index in [9.17, 15) is 0 Å². The van der Waals surface area contributed by atoms with Crippen molar-refractivity contribution >= 4 is 34.9 Å². The monoisotopic (exact) mass is 438 g/mol. The lowest BCUT2D eigenvalue weighted by Gasteiger charge is -2.33. The lowest BCUT2D eigenvalue weighted by atomic mass is 10.0. The maximum Gasteiger partial charge on any atom is 0.232 e. The second kappa shape index (κ2) is 10.3. The molecule has 31 heavy (non-hydrogen) atoms. The number of nitrogens with zero attached hydrogens (tertiary/aromatic N) is 4. The van der Waals surface area contributed by atoms with Crippen molar-refractivity contribution in [1.29, 1.82) is 0 Å². The van der Waals surface area contributed by atoms with Gasteiger partial charge in [-0.1, -0.05) is 36.8 Å². The number of piperidine rings is 2. The standard InChI is InChI=1S/C24H34N6S/c1-18-8-10-20(11-9-18)16-25-24(31)28-23-26-21(29-12-4-3-5-13-29)15-22(27-23)30-14-6-7-19(2)17-30/h8-11,15,19H,3-7,12-14,16-17H2,1-2H3,(H2,25,26,27,28,31)/t19-/m1/s1. The van der Waals surface area contributed by atoms with Gasteiger partial charge in [0.2, 0.25) is 5.95 Å². The molecular formula is C24H34N6S. The van der Waals surface area contributed by atoms with Crippen LogP contribution in [0.15, 0.2) is 30.3 Å². The van der Waals surface area contributed by atoms with Gasteiger partial charge < -0.3 is 20.4 Å². The normalized spacial score (nSPS) is 19.2. The summed E-state index contributed by atoms with van der Waals surface area (Å²) in [4.78, 5) is 14.5. The molecule has 3 heterocycles. The third-order valence-electron chi connectivity index (χ3n) is 6.16. The van der Waals surface area contributed by atoms with Gasteiger partial charge in [-0.25, -0.2) is 0 Å². The van der Waals surface area contributed by atoms with Crippen LogP contribution in [0.1, 0.15) is 50.2 Å². The second-order valence-corrected chi connectivity index (χ2v) is 9.35. The molecule has 6 nitrogen and oxygen atoms in total. The molecular weight excluding hydrogens is 404 g/mol. The highest BCUT2D eigenvalue weighted by atomic mass is 32.1. The average molecular weight is 439 g/mol. The van der Waals surface area contributed by atoms with Gasteiger partial charge in [0.05, 0.1) is 0 Å². The van der Waals surface area contributed by atoms with E-state index in [0.29, 0.717) is 23.5 Å². The molecule has 7 heteroatoms. The van der Waals surface area contributed by atoms with Crippen molar-refractivity contribution in [2.45, 2.75) is 52.5 Å². The highest BCUT2D eigenvalue weighted by Crippen LogP contribution is 2.27. The number of benzene rings is 1. The third-order valence-corrected chi connectivity index (χ3v) is 6.41.